The fraction of sp³-hybridized carbons (Fsp3) is 0.429. The molecule has 0 bridgehead atoms. The van der Waals surface area contributed by atoms with E-state index in [0.29, 0.717) is 28.7 Å². The molecule has 0 saturated heterocycles. The second-order valence-electron chi connectivity index (χ2n) is 5.12. The molecule has 1 fully saturated rings. The summed E-state index contributed by atoms with van der Waals surface area (Å²) in [5.41, 5.74) is 6.28. The van der Waals surface area contributed by atoms with Crippen LogP contribution in [0.4, 0.5) is 5.69 Å². The summed E-state index contributed by atoms with van der Waals surface area (Å²) in [5, 5.41) is 5.93. The second kappa shape index (κ2) is 6.24. The number of carbonyl (C=O) groups excluding carboxylic acids is 2. The predicted octanol–water partition coefficient (Wildman–Crippen LogP) is 1.77. The molecule has 0 aliphatic heterocycles. The maximum Gasteiger partial charge on any atom is 0.253 e. The largest absolute Gasteiger partial charge is 0.352 e. The molecule has 2 amide bonds. The van der Waals surface area contributed by atoms with Gasteiger partial charge in [0.2, 0.25) is 5.91 Å². The molecule has 6 heteroatoms. The molecule has 108 valence electrons. The number of halogens is 1. The smallest absolute Gasteiger partial charge is 0.253 e. The van der Waals surface area contributed by atoms with Crippen molar-refractivity contribution in [3.05, 3.63) is 28.8 Å². The number of rotatable bonds is 5. The number of nitrogens with two attached hydrogens (primary N) is 1. The molecule has 1 aromatic carbocycles. The molecule has 0 unspecified atom stereocenters. The van der Waals surface area contributed by atoms with Gasteiger partial charge in [-0.2, -0.15) is 0 Å². The molecule has 4 N–H and O–H groups in total. The molecular formula is C14H18ClN3O2. The van der Waals surface area contributed by atoms with Crippen LogP contribution in [0.3, 0.4) is 0 Å². The van der Waals surface area contributed by atoms with E-state index in [9.17, 15) is 9.59 Å². The van der Waals surface area contributed by atoms with Gasteiger partial charge in [0.05, 0.1) is 17.3 Å². The molecule has 2 rings (SSSR count). The molecule has 0 spiro atoms. The summed E-state index contributed by atoms with van der Waals surface area (Å²) in [4.78, 5) is 23.8. The van der Waals surface area contributed by atoms with Crippen LogP contribution >= 0.6 is 11.6 Å². The van der Waals surface area contributed by atoms with Crippen molar-refractivity contribution in [3.8, 4) is 0 Å². The minimum atomic E-state index is -0.645. The number of carbonyl (C=O) groups is 2. The summed E-state index contributed by atoms with van der Waals surface area (Å²) < 4.78 is 0. The number of hydrogen-bond acceptors (Lipinski definition) is 3. The van der Waals surface area contributed by atoms with Gasteiger partial charge in [-0.25, -0.2) is 0 Å². The fourth-order valence-electron chi connectivity index (χ4n) is 1.71. The zero-order valence-electron chi connectivity index (χ0n) is 11.3. The molecule has 0 radical (unpaired) electrons. The van der Waals surface area contributed by atoms with Crippen LogP contribution in [-0.4, -0.2) is 24.4 Å². The van der Waals surface area contributed by atoms with E-state index in [1.807, 2.05) is 0 Å². The van der Waals surface area contributed by atoms with E-state index in [0.717, 1.165) is 12.8 Å². The standard InChI is InChI=1S/C14H18ClN3O2/c1-8(16)13(19)18-12-5-4-10(15)6-11(12)14(20)17-7-9-2-3-9/h4-6,8-9H,2-3,7,16H2,1H3,(H,17,20)(H,18,19)/t8-/m0/s1. The minimum Gasteiger partial charge on any atom is -0.352 e. The number of nitrogens with one attached hydrogen (secondary N) is 2. The minimum absolute atomic E-state index is 0.237. The molecule has 1 aromatic rings. The van der Waals surface area contributed by atoms with Gasteiger partial charge in [-0.1, -0.05) is 11.6 Å². The average Bonchev–Trinajstić information content (AvgIpc) is 3.21. The fourth-order valence-corrected chi connectivity index (χ4v) is 1.89. The average molecular weight is 296 g/mol. The lowest BCUT2D eigenvalue weighted by molar-refractivity contribution is -0.117. The van der Waals surface area contributed by atoms with Gasteiger partial charge in [0.1, 0.15) is 0 Å². The molecule has 1 aliphatic rings. The highest BCUT2D eigenvalue weighted by Crippen LogP contribution is 2.28. The van der Waals surface area contributed by atoms with Crippen molar-refractivity contribution in [2.24, 2.45) is 11.7 Å². The van der Waals surface area contributed by atoms with E-state index in [2.05, 4.69) is 10.6 Å². The van der Waals surface area contributed by atoms with Gasteiger partial charge in [-0.05, 0) is 43.9 Å². The Bertz CT molecular complexity index is 527. The number of amides is 2. The van der Waals surface area contributed by atoms with Gasteiger partial charge < -0.3 is 16.4 Å². The van der Waals surface area contributed by atoms with Gasteiger partial charge in [0.15, 0.2) is 0 Å². The molecular weight excluding hydrogens is 278 g/mol. The van der Waals surface area contributed by atoms with Gasteiger partial charge in [-0.3, -0.25) is 9.59 Å². The topological polar surface area (TPSA) is 84.2 Å². The molecule has 1 atom stereocenters. The second-order valence-corrected chi connectivity index (χ2v) is 5.56. The Balaban J connectivity index is 2.13. The van der Waals surface area contributed by atoms with Crippen LogP contribution < -0.4 is 16.4 Å². The van der Waals surface area contributed by atoms with Crippen LogP contribution in [-0.2, 0) is 4.79 Å². The zero-order valence-corrected chi connectivity index (χ0v) is 12.0. The van der Waals surface area contributed by atoms with Crippen LogP contribution in [0.2, 0.25) is 5.02 Å². The molecule has 0 aromatic heterocycles. The van der Waals surface area contributed by atoms with Crippen LogP contribution in [0.25, 0.3) is 0 Å². The van der Waals surface area contributed by atoms with Crippen LogP contribution in [0, 0.1) is 5.92 Å². The van der Waals surface area contributed by atoms with Crippen LogP contribution in [0.5, 0.6) is 0 Å². The van der Waals surface area contributed by atoms with E-state index >= 15 is 0 Å². The van der Waals surface area contributed by atoms with Crippen molar-refractivity contribution in [2.75, 3.05) is 11.9 Å². The van der Waals surface area contributed by atoms with Crippen molar-refractivity contribution in [3.63, 3.8) is 0 Å². The third kappa shape index (κ3) is 3.95. The van der Waals surface area contributed by atoms with Crippen LogP contribution in [0.1, 0.15) is 30.1 Å². The summed E-state index contributed by atoms with van der Waals surface area (Å²) in [7, 11) is 0. The number of hydrogen-bond donors (Lipinski definition) is 3. The lowest BCUT2D eigenvalue weighted by Crippen LogP contribution is -2.33. The van der Waals surface area contributed by atoms with E-state index < -0.39 is 6.04 Å². The van der Waals surface area contributed by atoms with Gasteiger partial charge in [-0.15, -0.1) is 0 Å². The van der Waals surface area contributed by atoms with Crippen molar-refractivity contribution in [2.45, 2.75) is 25.8 Å². The van der Waals surface area contributed by atoms with E-state index in [-0.39, 0.29) is 11.8 Å². The Morgan fingerprint density at radius 2 is 2.15 bits per heavy atom. The Labute approximate surface area is 122 Å². The molecule has 0 heterocycles. The summed E-state index contributed by atoms with van der Waals surface area (Å²) in [6.07, 6.45) is 2.31. The van der Waals surface area contributed by atoms with Gasteiger partial charge in [0.25, 0.3) is 5.91 Å². The van der Waals surface area contributed by atoms with Gasteiger partial charge >= 0.3 is 0 Å². The maximum atomic E-state index is 12.1. The highest BCUT2D eigenvalue weighted by atomic mass is 35.5. The van der Waals surface area contributed by atoms with Crippen molar-refractivity contribution >= 4 is 29.1 Å². The number of anilines is 1. The Kier molecular flexibility index (Phi) is 4.62. The third-order valence-corrected chi connectivity index (χ3v) is 3.38. The molecule has 1 saturated carbocycles. The van der Waals surface area contributed by atoms with Gasteiger partial charge in [0, 0.05) is 11.6 Å². The van der Waals surface area contributed by atoms with Crippen molar-refractivity contribution < 1.29 is 9.59 Å². The maximum absolute atomic E-state index is 12.1. The SMILES string of the molecule is C[C@H](N)C(=O)Nc1ccc(Cl)cc1C(=O)NCC1CC1. The highest BCUT2D eigenvalue weighted by Gasteiger charge is 2.23. The monoisotopic (exact) mass is 295 g/mol. The van der Waals surface area contributed by atoms with Crippen molar-refractivity contribution in [1.82, 2.24) is 5.32 Å². The molecule has 20 heavy (non-hydrogen) atoms. The predicted molar refractivity (Wildman–Crippen MR) is 78.8 cm³/mol. The first kappa shape index (κ1) is 14.8. The molecule has 5 nitrogen and oxygen atoms in total. The Morgan fingerprint density at radius 1 is 1.45 bits per heavy atom. The normalized spacial score (nSPS) is 15.6. The summed E-state index contributed by atoms with van der Waals surface area (Å²) in [6, 6.07) is 4.12. The molecule has 1 aliphatic carbocycles. The zero-order chi connectivity index (χ0) is 14.7. The van der Waals surface area contributed by atoms with E-state index in [4.69, 9.17) is 17.3 Å². The number of benzene rings is 1. The third-order valence-electron chi connectivity index (χ3n) is 3.15. The summed E-state index contributed by atoms with van der Waals surface area (Å²) in [5.74, 6) is 0.00294. The first-order chi connectivity index (χ1) is 9.47. The Morgan fingerprint density at radius 3 is 2.75 bits per heavy atom. The first-order valence-corrected chi connectivity index (χ1v) is 6.99. The van der Waals surface area contributed by atoms with E-state index in [1.54, 1.807) is 25.1 Å². The van der Waals surface area contributed by atoms with Crippen molar-refractivity contribution in [1.29, 1.82) is 0 Å². The quantitative estimate of drug-likeness (QED) is 0.774. The highest BCUT2D eigenvalue weighted by molar-refractivity contribution is 6.31. The Hall–Kier alpha value is -1.59. The summed E-state index contributed by atoms with van der Waals surface area (Å²) >= 11 is 5.92. The first-order valence-electron chi connectivity index (χ1n) is 6.61. The van der Waals surface area contributed by atoms with E-state index in [1.165, 1.54) is 0 Å². The summed E-state index contributed by atoms with van der Waals surface area (Å²) in [6.45, 7) is 2.24. The lowest BCUT2D eigenvalue weighted by atomic mass is 10.1. The lowest BCUT2D eigenvalue weighted by Gasteiger charge is -2.13. The van der Waals surface area contributed by atoms with Crippen LogP contribution in [0.15, 0.2) is 18.2 Å².